The average molecular weight is 180 g/mol. The third-order valence-corrected chi connectivity index (χ3v) is 1.58. The second kappa shape index (κ2) is 3.74. The molecule has 1 N–H and O–H groups in total. The SMILES string of the molecule is C#CCn1cc(CO)c([N+](=O)[O-])c1. The molecule has 5 nitrogen and oxygen atoms in total. The minimum absolute atomic E-state index is 0.0993. The van der Waals surface area contributed by atoms with Gasteiger partial charge < -0.3 is 9.67 Å². The van der Waals surface area contributed by atoms with Gasteiger partial charge in [-0.3, -0.25) is 10.1 Å². The van der Waals surface area contributed by atoms with Gasteiger partial charge in [-0.25, -0.2) is 0 Å². The molecule has 0 radical (unpaired) electrons. The Bertz CT molecular complexity index is 362. The van der Waals surface area contributed by atoms with Crippen LogP contribution in [0.25, 0.3) is 0 Å². The zero-order valence-corrected chi connectivity index (χ0v) is 6.80. The fourth-order valence-electron chi connectivity index (χ4n) is 1.03. The van der Waals surface area contributed by atoms with Gasteiger partial charge in [0.25, 0.3) is 5.69 Å². The number of hydrogen-bond donors (Lipinski definition) is 1. The molecule has 13 heavy (non-hydrogen) atoms. The zero-order chi connectivity index (χ0) is 9.84. The fourth-order valence-corrected chi connectivity index (χ4v) is 1.03. The first-order chi connectivity index (χ1) is 6.19. The molecule has 0 fully saturated rings. The van der Waals surface area contributed by atoms with Crippen LogP contribution in [0.5, 0.6) is 0 Å². The highest BCUT2D eigenvalue weighted by atomic mass is 16.6. The highest BCUT2D eigenvalue weighted by Gasteiger charge is 2.15. The van der Waals surface area contributed by atoms with Crippen molar-refractivity contribution in [3.8, 4) is 12.3 Å². The Morgan fingerprint density at radius 3 is 2.77 bits per heavy atom. The first kappa shape index (κ1) is 9.29. The lowest BCUT2D eigenvalue weighted by Crippen LogP contribution is -1.90. The Morgan fingerprint density at radius 2 is 2.38 bits per heavy atom. The van der Waals surface area contributed by atoms with E-state index in [9.17, 15) is 10.1 Å². The van der Waals surface area contributed by atoms with Gasteiger partial charge in [-0.2, -0.15) is 0 Å². The van der Waals surface area contributed by atoms with Crippen LogP contribution >= 0.6 is 0 Å². The first-order valence-corrected chi connectivity index (χ1v) is 3.56. The van der Waals surface area contributed by atoms with E-state index in [0.717, 1.165) is 0 Å². The molecule has 0 spiro atoms. The Labute approximate surface area is 74.8 Å². The summed E-state index contributed by atoms with van der Waals surface area (Å²) in [7, 11) is 0. The fraction of sp³-hybridized carbons (Fsp3) is 0.250. The summed E-state index contributed by atoms with van der Waals surface area (Å²) in [4.78, 5) is 9.88. The first-order valence-electron chi connectivity index (χ1n) is 3.56. The zero-order valence-electron chi connectivity index (χ0n) is 6.80. The average Bonchev–Trinajstić information content (AvgIpc) is 2.48. The van der Waals surface area contributed by atoms with Crippen LogP contribution in [0.15, 0.2) is 12.4 Å². The van der Waals surface area contributed by atoms with Crippen LogP contribution in [0.1, 0.15) is 5.56 Å². The molecule has 0 aromatic carbocycles. The van der Waals surface area contributed by atoms with Crippen molar-refractivity contribution in [2.45, 2.75) is 13.2 Å². The largest absolute Gasteiger partial charge is 0.391 e. The number of nitrogens with zero attached hydrogens (tertiary/aromatic N) is 2. The maximum Gasteiger partial charge on any atom is 0.292 e. The topological polar surface area (TPSA) is 68.3 Å². The van der Waals surface area contributed by atoms with Gasteiger partial charge >= 0.3 is 0 Å². The highest BCUT2D eigenvalue weighted by molar-refractivity contribution is 5.37. The van der Waals surface area contributed by atoms with Crippen molar-refractivity contribution in [1.29, 1.82) is 0 Å². The lowest BCUT2D eigenvalue weighted by molar-refractivity contribution is -0.385. The van der Waals surface area contributed by atoms with Crippen molar-refractivity contribution in [2.24, 2.45) is 0 Å². The molecule has 5 heteroatoms. The van der Waals surface area contributed by atoms with Gasteiger partial charge in [0.05, 0.1) is 29.8 Å². The number of terminal acetylenes is 1. The van der Waals surface area contributed by atoms with E-state index in [1.165, 1.54) is 17.0 Å². The van der Waals surface area contributed by atoms with E-state index in [1.54, 1.807) is 0 Å². The number of rotatable bonds is 3. The summed E-state index contributed by atoms with van der Waals surface area (Å²) in [6, 6.07) is 0. The summed E-state index contributed by atoms with van der Waals surface area (Å²) >= 11 is 0. The minimum atomic E-state index is -0.543. The molecule has 68 valence electrons. The number of hydrogen-bond acceptors (Lipinski definition) is 3. The third-order valence-electron chi connectivity index (χ3n) is 1.58. The van der Waals surface area contributed by atoms with E-state index in [2.05, 4.69) is 5.92 Å². The van der Waals surface area contributed by atoms with Gasteiger partial charge in [0.2, 0.25) is 0 Å². The van der Waals surface area contributed by atoms with Crippen molar-refractivity contribution in [3.05, 3.63) is 28.1 Å². The van der Waals surface area contributed by atoms with Crippen LogP contribution in [0.3, 0.4) is 0 Å². The van der Waals surface area contributed by atoms with Gasteiger partial charge in [-0.15, -0.1) is 6.42 Å². The van der Waals surface area contributed by atoms with Crippen LogP contribution in [0.2, 0.25) is 0 Å². The van der Waals surface area contributed by atoms with Crippen molar-refractivity contribution < 1.29 is 10.0 Å². The smallest absolute Gasteiger partial charge is 0.292 e. The monoisotopic (exact) mass is 180 g/mol. The molecule has 1 aromatic rings. The minimum Gasteiger partial charge on any atom is -0.391 e. The van der Waals surface area contributed by atoms with Gasteiger partial charge in [0.1, 0.15) is 0 Å². The third kappa shape index (κ3) is 1.86. The van der Waals surface area contributed by atoms with Gasteiger partial charge in [-0.05, 0) is 0 Å². The van der Waals surface area contributed by atoms with Crippen LogP contribution in [0, 0.1) is 22.5 Å². The summed E-state index contributed by atoms with van der Waals surface area (Å²) in [6.45, 7) is -0.0886. The van der Waals surface area contributed by atoms with Crippen LogP contribution in [-0.2, 0) is 13.2 Å². The molecule has 1 rings (SSSR count). The summed E-state index contributed by atoms with van der Waals surface area (Å²) in [5.41, 5.74) is 0.179. The van der Waals surface area contributed by atoms with Crippen LogP contribution in [0.4, 0.5) is 5.69 Å². The molecule has 0 aliphatic heterocycles. The van der Waals surface area contributed by atoms with Crippen molar-refractivity contribution in [1.82, 2.24) is 4.57 Å². The molecule has 0 bridgehead atoms. The van der Waals surface area contributed by atoms with Crippen molar-refractivity contribution in [3.63, 3.8) is 0 Å². The molecule has 0 atom stereocenters. The van der Waals surface area contributed by atoms with E-state index in [0.29, 0.717) is 0 Å². The van der Waals surface area contributed by atoms with E-state index in [4.69, 9.17) is 11.5 Å². The summed E-state index contributed by atoms with van der Waals surface area (Å²) in [5.74, 6) is 2.35. The molecule has 0 amide bonds. The Balaban J connectivity index is 3.05. The predicted octanol–water partition coefficient (Wildman–Crippen LogP) is 0.522. The van der Waals surface area contributed by atoms with E-state index in [1.807, 2.05) is 0 Å². The maximum absolute atomic E-state index is 10.4. The molecule has 1 aromatic heterocycles. The second-order valence-electron chi connectivity index (χ2n) is 2.46. The summed E-state index contributed by atoms with van der Waals surface area (Å²) in [5, 5.41) is 19.2. The van der Waals surface area contributed by atoms with E-state index in [-0.39, 0.29) is 24.4 Å². The molecule has 0 saturated heterocycles. The van der Waals surface area contributed by atoms with E-state index < -0.39 is 4.92 Å². The molecule has 0 aliphatic carbocycles. The Kier molecular flexibility index (Phi) is 2.67. The standard InChI is InChI=1S/C8H8N2O3/c1-2-3-9-4-7(6-11)8(5-9)10(12)13/h1,4-5,11H,3,6H2. The normalized spacial score (nSPS) is 9.54. The summed E-state index contributed by atoms with van der Waals surface area (Å²) < 4.78 is 1.49. The number of aliphatic hydroxyl groups is 1. The lowest BCUT2D eigenvalue weighted by atomic mass is 10.3. The number of aliphatic hydroxyl groups excluding tert-OH is 1. The molecule has 1 heterocycles. The Morgan fingerprint density at radius 1 is 1.69 bits per heavy atom. The van der Waals surface area contributed by atoms with Gasteiger partial charge in [0.15, 0.2) is 0 Å². The highest BCUT2D eigenvalue weighted by Crippen LogP contribution is 2.19. The van der Waals surface area contributed by atoms with Gasteiger partial charge in [-0.1, -0.05) is 5.92 Å². The molecule has 0 saturated carbocycles. The van der Waals surface area contributed by atoms with Crippen molar-refractivity contribution in [2.75, 3.05) is 0 Å². The van der Waals surface area contributed by atoms with E-state index >= 15 is 0 Å². The van der Waals surface area contributed by atoms with Crippen LogP contribution in [-0.4, -0.2) is 14.6 Å². The second-order valence-corrected chi connectivity index (χ2v) is 2.46. The Hall–Kier alpha value is -1.80. The van der Waals surface area contributed by atoms with Crippen molar-refractivity contribution >= 4 is 5.69 Å². The lowest BCUT2D eigenvalue weighted by Gasteiger charge is -1.90. The quantitative estimate of drug-likeness (QED) is 0.419. The number of nitro groups is 1. The molecular formula is C8H8N2O3. The number of aromatic nitrogens is 1. The van der Waals surface area contributed by atoms with Crippen LogP contribution < -0.4 is 0 Å². The molecule has 0 aliphatic rings. The predicted molar refractivity (Wildman–Crippen MR) is 45.8 cm³/mol. The van der Waals surface area contributed by atoms with Gasteiger partial charge in [0, 0.05) is 6.20 Å². The molecular weight excluding hydrogens is 172 g/mol. The maximum atomic E-state index is 10.4. The summed E-state index contributed by atoms with van der Waals surface area (Å²) in [6.07, 6.45) is 7.82. The molecule has 0 unspecified atom stereocenters.